The molecule has 0 aliphatic carbocycles. The minimum Gasteiger partial charge on any atom is -0.482 e. The van der Waals surface area contributed by atoms with Crippen LogP contribution < -0.4 is 10.1 Å². The normalized spacial score (nSPS) is 9.88. The minimum atomic E-state index is -0.620. The molecule has 0 aliphatic heterocycles. The molecule has 0 spiro atoms. The second-order valence-corrected chi connectivity index (χ2v) is 5.80. The number of amides is 1. The van der Waals surface area contributed by atoms with Crippen molar-refractivity contribution in [3.8, 4) is 11.8 Å². The van der Waals surface area contributed by atoms with Crippen LogP contribution in [0.4, 0.5) is 5.69 Å². The second-order valence-electron chi connectivity index (χ2n) is 5.80. The summed E-state index contributed by atoms with van der Waals surface area (Å²) < 4.78 is 10.3. The lowest BCUT2D eigenvalue weighted by Gasteiger charge is -2.10. The van der Waals surface area contributed by atoms with E-state index in [1.165, 1.54) is 0 Å². The van der Waals surface area contributed by atoms with Crippen LogP contribution in [-0.2, 0) is 20.7 Å². The molecular formula is C20H20N2O4. The Balaban J connectivity index is 1.75. The van der Waals surface area contributed by atoms with E-state index in [0.29, 0.717) is 17.9 Å². The Hall–Kier alpha value is -3.33. The molecule has 0 fully saturated rings. The number of esters is 1. The number of nitriles is 1. The Morgan fingerprint density at radius 3 is 2.50 bits per heavy atom. The summed E-state index contributed by atoms with van der Waals surface area (Å²) >= 11 is 0. The van der Waals surface area contributed by atoms with Gasteiger partial charge < -0.3 is 14.8 Å². The summed E-state index contributed by atoms with van der Waals surface area (Å²) in [5, 5.41) is 11.2. The first-order valence-corrected chi connectivity index (χ1v) is 8.09. The molecule has 1 N–H and O–H groups in total. The molecule has 0 atom stereocenters. The van der Waals surface area contributed by atoms with Crippen LogP contribution in [0, 0.1) is 25.2 Å². The van der Waals surface area contributed by atoms with Gasteiger partial charge in [-0.2, -0.15) is 5.26 Å². The Labute approximate surface area is 152 Å². The standard InChI is InChI=1S/C20H20N2O4/c1-14-3-4-15(2)18(11-14)25-13-20(24)26-12-19(23)22-17-7-5-16(6-8-17)9-10-21/h3-8,11H,9,12-13H2,1-2H3,(H,22,23). The molecular weight excluding hydrogens is 332 g/mol. The fourth-order valence-corrected chi connectivity index (χ4v) is 2.18. The lowest BCUT2D eigenvalue weighted by atomic mass is 10.1. The highest BCUT2D eigenvalue weighted by molar-refractivity contribution is 5.92. The van der Waals surface area contributed by atoms with Crippen LogP contribution in [0.15, 0.2) is 42.5 Å². The topological polar surface area (TPSA) is 88.4 Å². The predicted molar refractivity (Wildman–Crippen MR) is 96.8 cm³/mol. The Morgan fingerprint density at radius 2 is 1.81 bits per heavy atom. The molecule has 0 radical (unpaired) electrons. The Morgan fingerprint density at radius 1 is 1.08 bits per heavy atom. The van der Waals surface area contributed by atoms with E-state index < -0.39 is 18.5 Å². The quantitative estimate of drug-likeness (QED) is 0.774. The van der Waals surface area contributed by atoms with Crippen LogP contribution in [0.25, 0.3) is 0 Å². The first-order valence-electron chi connectivity index (χ1n) is 8.09. The van der Waals surface area contributed by atoms with Crippen molar-refractivity contribution >= 4 is 17.6 Å². The molecule has 0 saturated carbocycles. The average molecular weight is 352 g/mol. The minimum absolute atomic E-state index is 0.263. The number of anilines is 1. The summed E-state index contributed by atoms with van der Waals surface area (Å²) in [6.45, 7) is 3.16. The number of carbonyl (C=O) groups is 2. The van der Waals surface area contributed by atoms with Gasteiger partial charge in [0.15, 0.2) is 13.2 Å². The van der Waals surface area contributed by atoms with E-state index in [1.807, 2.05) is 32.0 Å². The molecule has 134 valence electrons. The molecule has 0 saturated heterocycles. The smallest absolute Gasteiger partial charge is 0.344 e. The van der Waals surface area contributed by atoms with E-state index in [4.69, 9.17) is 14.7 Å². The number of aryl methyl sites for hydroxylation is 2. The van der Waals surface area contributed by atoms with Crippen LogP contribution in [-0.4, -0.2) is 25.1 Å². The van der Waals surface area contributed by atoms with Gasteiger partial charge in [-0.15, -0.1) is 0 Å². The average Bonchev–Trinajstić information content (AvgIpc) is 2.62. The van der Waals surface area contributed by atoms with Crippen LogP contribution >= 0.6 is 0 Å². The first kappa shape index (κ1) is 19.0. The van der Waals surface area contributed by atoms with Crippen molar-refractivity contribution in [3.63, 3.8) is 0 Å². The Bertz CT molecular complexity index is 823. The largest absolute Gasteiger partial charge is 0.482 e. The maximum Gasteiger partial charge on any atom is 0.344 e. The van der Waals surface area contributed by atoms with Gasteiger partial charge in [-0.1, -0.05) is 24.3 Å². The summed E-state index contributed by atoms with van der Waals surface area (Å²) in [5.41, 5.74) is 3.38. The van der Waals surface area contributed by atoms with Crippen LogP contribution in [0.2, 0.25) is 0 Å². The fourth-order valence-electron chi connectivity index (χ4n) is 2.18. The summed E-state index contributed by atoms with van der Waals surface area (Å²) in [5.74, 6) is -0.451. The Kier molecular flexibility index (Phi) is 6.75. The van der Waals surface area contributed by atoms with Crippen molar-refractivity contribution in [3.05, 3.63) is 59.2 Å². The zero-order valence-corrected chi connectivity index (χ0v) is 14.7. The molecule has 26 heavy (non-hydrogen) atoms. The summed E-state index contributed by atoms with van der Waals surface area (Å²) in [6.07, 6.45) is 0.312. The highest BCUT2D eigenvalue weighted by atomic mass is 16.6. The number of benzene rings is 2. The number of hydrogen-bond donors (Lipinski definition) is 1. The number of nitrogens with zero attached hydrogens (tertiary/aromatic N) is 1. The number of nitrogens with one attached hydrogen (secondary N) is 1. The van der Waals surface area contributed by atoms with E-state index >= 15 is 0 Å². The lowest BCUT2D eigenvalue weighted by molar-refractivity contribution is -0.149. The van der Waals surface area contributed by atoms with Crippen LogP contribution in [0.3, 0.4) is 0 Å². The van der Waals surface area contributed by atoms with Gasteiger partial charge in [0.1, 0.15) is 5.75 Å². The molecule has 0 bridgehead atoms. The number of carbonyl (C=O) groups excluding carboxylic acids is 2. The highest BCUT2D eigenvalue weighted by Crippen LogP contribution is 2.18. The molecule has 0 aliphatic rings. The fraction of sp³-hybridized carbons (Fsp3) is 0.250. The van der Waals surface area contributed by atoms with E-state index in [0.717, 1.165) is 16.7 Å². The van der Waals surface area contributed by atoms with Gasteiger partial charge >= 0.3 is 5.97 Å². The molecule has 2 rings (SSSR count). The third kappa shape index (κ3) is 5.95. The highest BCUT2D eigenvalue weighted by Gasteiger charge is 2.10. The SMILES string of the molecule is Cc1ccc(C)c(OCC(=O)OCC(=O)Nc2ccc(CC#N)cc2)c1. The first-order chi connectivity index (χ1) is 12.5. The third-order valence-electron chi connectivity index (χ3n) is 3.57. The van der Waals surface area contributed by atoms with Gasteiger partial charge in [-0.3, -0.25) is 4.79 Å². The van der Waals surface area contributed by atoms with Gasteiger partial charge in [-0.05, 0) is 48.7 Å². The molecule has 2 aromatic carbocycles. The van der Waals surface area contributed by atoms with E-state index in [2.05, 4.69) is 11.4 Å². The second kappa shape index (κ2) is 9.23. The zero-order chi connectivity index (χ0) is 18.9. The van der Waals surface area contributed by atoms with Crippen molar-refractivity contribution in [1.29, 1.82) is 5.26 Å². The van der Waals surface area contributed by atoms with Crippen LogP contribution in [0.1, 0.15) is 16.7 Å². The van der Waals surface area contributed by atoms with Gasteiger partial charge in [0, 0.05) is 5.69 Å². The molecule has 0 aromatic heterocycles. The van der Waals surface area contributed by atoms with Crippen molar-refractivity contribution < 1.29 is 19.1 Å². The number of hydrogen-bond acceptors (Lipinski definition) is 5. The van der Waals surface area contributed by atoms with E-state index in [9.17, 15) is 9.59 Å². The van der Waals surface area contributed by atoms with Crippen molar-refractivity contribution in [2.75, 3.05) is 18.5 Å². The molecule has 6 heteroatoms. The van der Waals surface area contributed by atoms with Crippen molar-refractivity contribution in [1.82, 2.24) is 0 Å². The maximum atomic E-state index is 11.8. The van der Waals surface area contributed by atoms with E-state index in [-0.39, 0.29) is 6.61 Å². The summed E-state index contributed by atoms with van der Waals surface area (Å²) in [6, 6.07) is 14.6. The molecule has 0 unspecified atom stereocenters. The molecule has 0 heterocycles. The predicted octanol–water partition coefficient (Wildman–Crippen LogP) is 2.93. The van der Waals surface area contributed by atoms with Crippen molar-refractivity contribution in [2.45, 2.75) is 20.3 Å². The monoisotopic (exact) mass is 352 g/mol. The molecule has 6 nitrogen and oxygen atoms in total. The van der Waals surface area contributed by atoms with Crippen molar-refractivity contribution in [2.24, 2.45) is 0 Å². The molecule has 1 amide bonds. The van der Waals surface area contributed by atoms with Crippen LogP contribution in [0.5, 0.6) is 5.75 Å². The zero-order valence-electron chi connectivity index (χ0n) is 14.7. The van der Waals surface area contributed by atoms with Gasteiger partial charge in [0.2, 0.25) is 0 Å². The molecule has 2 aromatic rings. The summed E-state index contributed by atoms with van der Waals surface area (Å²) in [7, 11) is 0. The van der Waals surface area contributed by atoms with Gasteiger partial charge in [-0.25, -0.2) is 4.79 Å². The van der Waals surface area contributed by atoms with E-state index in [1.54, 1.807) is 24.3 Å². The lowest BCUT2D eigenvalue weighted by Crippen LogP contribution is -2.23. The number of rotatable bonds is 7. The van der Waals surface area contributed by atoms with Gasteiger partial charge in [0.05, 0.1) is 12.5 Å². The van der Waals surface area contributed by atoms with Gasteiger partial charge in [0.25, 0.3) is 5.91 Å². The summed E-state index contributed by atoms with van der Waals surface area (Å²) in [4.78, 5) is 23.5. The third-order valence-corrected chi connectivity index (χ3v) is 3.57. The maximum absolute atomic E-state index is 11.8. The number of ether oxygens (including phenoxy) is 2.